The molecule has 0 bridgehead atoms. The van der Waals surface area contributed by atoms with Crippen LogP contribution in [0.2, 0.25) is 0 Å². The molecule has 3 N–H and O–H groups in total. The van der Waals surface area contributed by atoms with Crippen LogP contribution >= 0.6 is 0 Å². The summed E-state index contributed by atoms with van der Waals surface area (Å²) in [5.74, 6) is -3.67. The summed E-state index contributed by atoms with van der Waals surface area (Å²) in [5.41, 5.74) is -2.27. The molecular weight excluding hydrogens is 433 g/mol. The van der Waals surface area contributed by atoms with Crippen LogP contribution in [0.25, 0.3) is 0 Å². The summed E-state index contributed by atoms with van der Waals surface area (Å²) in [6.07, 6.45) is 1.08. The molecule has 0 unspecified atom stereocenters. The van der Waals surface area contributed by atoms with Crippen LogP contribution in [-0.4, -0.2) is 32.1 Å². The number of hydrogen-bond donors (Lipinski definition) is 3. The largest absolute Gasteiger partial charge is 0.494 e. The van der Waals surface area contributed by atoms with Gasteiger partial charge in [0.2, 0.25) is 17.7 Å². The van der Waals surface area contributed by atoms with Crippen LogP contribution in [0.1, 0.15) is 19.4 Å². The summed E-state index contributed by atoms with van der Waals surface area (Å²) in [4.78, 5) is 21.9. The summed E-state index contributed by atoms with van der Waals surface area (Å²) in [6, 6.07) is 3.43. The molecule has 0 spiro atoms. The van der Waals surface area contributed by atoms with E-state index in [1.807, 2.05) is 0 Å². The second-order valence-corrected chi connectivity index (χ2v) is 7.01. The van der Waals surface area contributed by atoms with Crippen LogP contribution in [0, 0.1) is 27.6 Å². The van der Waals surface area contributed by atoms with Crippen molar-refractivity contribution in [2.24, 2.45) is 0 Å². The normalized spacial score (nSPS) is 11.2. The van der Waals surface area contributed by atoms with Crippen molar-refractivity contribution in [1.29, 1.82) is 0 Å². The molecule has 10 nitrogen and oxygen atoms in total. The number of nitrogens with zero attached hydrogens (tertiary/aromatic N) is 4. The average molecular weight is 450 g/mol. The maximum atomic E-state index is 13.8. The quantitative estimate of drug-likeness (QED) is 0.361. The Hall–Kier alpha value is -4.00. The van der Waals surface area contributed by atoms with Gasteiger partial charge in [0.25, 0.3) is 0 Å². The van der Waals surface area contributed by atoms with Crippen molar-refractivity contribution in [2.45, 2.75) is 19.4 Å². The van der Waals surface area contributed by atoms with Crippen LogP contribution in [0.5, 0.6) is 5.75 Å². The van der Waals surface area contributed by atoms with Crippen molar-refractivity contribution in [3.8, 4) is 5.75 Å². The molecule has 2 aromatic carbocycles. The first-order valence-corrected chi connectivity index (χ1v) is 8.96. The third-order valence-electron chi connectivity index (χ3n) is 4.25. The zero-order chi connectivity index (χ0) is 23.6. The third-order valence-corrected chi connectivity index (χ3v) is 4.25. The number of anilines is 4. The number of methoxy groups -OCH3 is 1. The van der Waals surface area contributed by atoms with E-state index in [2.05, 4.69) is 25.6 Å². The Labute approximate surface area is 179 Å². The van der Waals surface area contributed by atoms with E-state index in [1.54, 1.807) is 0 Å². The molecule has 0 atom stereocenters. The van der Waals surface area contributed by atoms with Gasteiger partial charge in [0.15, 0.2) is 11.6 Å². The predicted molar refractivity (Wildman–Crippen MR) is 108 cm³/mol. The number of aromatic nitrogens is 3. The molecule has 168 valence electrons. The highest BCUT2D eigenvalue weighted by atomic mass is 19.2. The molecule has 0 radical (unpaired) electrons. The Kier molecular flexibility index (Phi) is 6.11. The number of halogens is 3. The van der Waals surface area contributed by atoms with Gasteiger partial charge in [-0.3, -0.25) is 10.1 Å². The van der Waals surface area contributed by atoms with Crippen LogP contribution in [0.4, 0.5) is 42.1 Å². The fraction of sp³-hybridized carbons (Fsp3) is 0.211. The Bertz CT molecular complexity index is 1190. The number of rotatable bonds is 7. The van der Waals surface area contributed by atoms with Crippen LogP contribution in [0.3, 0.4) is 0 Å². The highest BCUT2D eigenvalue weighted by molar-refractivity contribution is 5.67. The summed E-state index contributed by atoms with van der Waals surface area (Å²) in [6.45, 7) is 2.78. The van der Waals surface area contributed by atoms with Gasteiger partial charge in [0.1, 0.15) is 12.1 Å². The second kappa shape index (κ2) is 8.63. The van der Waals surface area contributed by atoms with E-state index in [4.69, 9.17) is 4.74 Å². The molecule has 0 aliphatic carbocycles. The Morgan fingerprint density at radius 3 is 2.16 bits per heavy atom. The van der Waals surface area contributed by atoms with E-state index in [0.29, 0.717) is 0 Å². The van der Waals surface area contributed by atoms with Gasteiger partial charge in [-0.2, -0.15) is 9.37 Å². The number of nitro benzene ring substituents is 1. The summed E-state index contributed by atoms with van der Waals surface area (Å²) >= 11 is 0. The first-order chi connectivity index (χ1) is 15.0. The molecule has 0 aliphatic rings. The van der Waals surface area contributed by atoms with Crippen molar-refractivity contribution >= 4 is 29.0 Å². The molecule has 0 fully saturated rings. The smallest absolute Gasteiger partial charge is 0.307 e. The Balaban J connectivity index is 1.95. The molecule has 0 aliphatic heterocycles. The molecule has 0 amide bonds. The number of nitro groups is 1. The Morgan fingerprint density at radius 1 is 1.00 bits per heavy atom. The van der Waals surface area contributed by atoms with Gasteiger partial charge in [-0.25, -0.2) is 18.7 Å². The zero-order valence-electron chi connectivity index (χ0n) is 17.0. The molecule has 1 heterocycles. The second-order valence-electron chi connectivity index (χ2n) is 7.01. The number of aliphatic hydroxyl groups is 1. The molecule has 3 aromatic rings. The summed E-state index contributed by atoms with van der Waals surface area (Å²) < 4.78 is 46.3. The Morgan fingerprint density at radius 2 is 1.59 bits per heavy atom. The highest BCUT2D eigenvalue weighted by Gasteiger charge is 2.24. The average Bonchev–Trinajstić information content (AvgIpc) is 2.70. The van der Waals surface area contributed by atoms with E-state index in [0.717, 1.165) is 30.6 Å². The van der Waals surface area contributed by atoms with Gasteiger partial charge in [-0.05, 0) is 19.9 Å². The van der Waals surface area contributed by atoms with E-state index in [-0.39, 0.29) is 34.6 Å². The van der Waals surface area contributed by atoms with Gasteiger partial charge in [-0.15, -0.1) is 0 Å². The fourth-order valence-electron chi connectivity index (χ4n) is 2.76. The van der Waals surface area contributed by atoms with Crippen LogP contribution < -0.4 is 15.4 Å². The van der Waals surface area contributed by atoms with Crippen LogP contribution in [0.15, 0.2) is 30.6 Å². The van der Waals surface area contributed by atoms with Crippen molar-refractivity contribution in [2.75, 3.05) is 17.7 Å². The van der Waals surface area contributed by atoms with Crippen molar-refractivity contribution in [3.63, 3.8) is 0 Å². The molecule has 32 heavy (non-hydrogen) atoms. The van der Waals surface area contributed by atoms with E-state index >= 15 is 0 Å². The molecule has 3 rings (SSSR count). The summed E-state index contributed by atoms with van der Waals surface area (Å²) in [7, 11) is 1.24. The van der Waals surface area contributed by atoms with Crippen molar-refractivity contribution < 1.29 is 27.9 Å². The maximum absolute atomic E-state index is 13.8. The molecule has 13 heteroatoms. The first kappa shape index (κ1) is 22.7. The number of nitrogens with one attached hydrogen (secondary N) is 2. The lowest BCUT2D eigenvalue weighted by atomic mass is 9.96. The van der Waals surface area contributed by atoms with Crippen molar-refractivity contribution in [3.05, 3.63) is 63.7 Å². The van der Waals surface area contributed by atoms with E-state index < -0.39 is 33.7 Å². The zero-order valence-corrected chi connectivity index (χ0v) is 17.0. The van der Waals surface area contributed by atoms with Gasteiger partial charge >= 0.3 is 5.69 Å². The molecule has 1 aromatic heterocycles. The van der Waals surface area contributed by atoms with Gasteiger partial charge in [0.05, 0.1) is 29.0 Å². The van der Waals surface area contributed by atoms with Gasteiger partial charge in [0, 0.05) is 23.8 Å². The third kappa shape index (κ3) is 4.83. The lowest BCUT2D eigenvalue weighted by Gasteiger charge is -2.22. The predicted octanol–water partition coefficient (Wildman–Crippen LogP) is 3.92. The van der Waals surface area contributed by atoms with Crippen molar-refractivity contribution in [1.82, 2.24) is 15.0 Å². The van der Waals surface area contributed by atoms with Gasteiger partial charge in [-0.1, -0.05) is 0 Å². The summed E-state index contributed by atoms with van der Waals surface area (Å²) in [5, 5.41) is 26.6. The SMILES string of the molecule is COc1cc(F)c([N+](=O)[O-])cc1Nc1ncnc(Nc2cc(F)c(F)cc2C(C)(C)O)n1. The number of hydrogen-bond acceptors (Lipinski definition) is 9. The molecule has 0 saturated carbocycles. The molecule has 0 saturated heterocycles. The van der Waals surface area contributed by atoms with E-state index in [9.17, 15) is 28.4 Å². The maximum Gasteiger partial charge on any atom is 0.307 e. The fourth-order valence-corrected chi connectivity index (χ4v) is 2.76. The monoisotopic (exact) mass is 450 g/mol. The first-order valence-electron chi connectivity index (χ1n) is 8.96. The minimum absolute atomic E-state index is 0.00255. The topological polar surface area (TPSA) is 135 Å². The number of benzene rings is 2. The van der Waals surface area contributed by atoms with E-state index in [1.165, 1.54) is 21.0 Å². The minimum Gasteiger partial charge on any atom is -0.494 e. The highest BCUT2D eigenvalue weighted by Crippen LogP contribution is 2.34. The molecular formula is C19H17F3N6O4. The number of ether oxygens (including phenoxy) is 1. The minimum atomic E-state index is -1.52. The lowest BCUT2D eigenvalue weighted by molar-refractivity contribution is -0.387. The standard InChI is InChI=1S/C19H17F3N6O4/c1-19(2,29)9-4-10(20)11(21)5-13(9)25-17-23-8-24-18(27-17)26-14-7-15(28(30)31)12(22)6-16(14)32-3/h4-8,29H,1-3H3,(H2,23,24,25,26,27). The van der Waals surface area contributed by atoms with Crippen LogP contribution in [-0.2, 0) is 5.60 Å². The van der Waals surface area contributed by atoms with Gasteiger partial charge < -0.3 is 20.5 Å². The lowest BCUT2D eigenvalue weighted by Crippen LogP contribution is -2.18.